The van der Waals surface area contributed by atoms with Crippen LogP contribution < -0.4 is 4.90 Å². The number of hydrogen-bond acceptors (Lipinski definition) is 5. The fourth-order valence-electron chi connectivity index (χ4n) is 3.30. The number of rotatable bonds is 4. The number of piperazine rings is 1. The zero-order valence-corrected chi connectivity index (χ0v) is 13.9. The molecule has 3 rings (SSSR count). The molecule has 1 aromatic carbocycles. The molecule has 0 spiro atoms. The Morgan fingerprint density at radius 1 is 1.18 bits per heavy atom. The summed E-state index contributed by atoms with van der Waals surface area (Å²) in [6.45, 7) is 6.59. The van der Waals surface area contributed by atoms with Crippen molar-refractivity contribution in [2.45, 2.75) is 11.3 Å². The summed E-state index contributed by atoms with van der Waals surface area (Å²) in [5, 5.41) is 0. The first-order chi connectivity index (χ1) is 10.5. The quantitative estimate of drug-likeness (QED) is 0.834. The molecule has 0 aliphatic carbocycles. The van der Waals surface area contributed by atoms with E-state index < -0.39 is 9.84 Å². The molecule has 22 heavy (non-hydrogen) atoms. The monoisotopic (exact) mass is 324 g/mol. The van der Waals surface area contributed by atoms with Crippen LogP contribution in [0.15, 0.2) is 29.2 Å². The van der Waals surface area contributed by atoms with Crippen molar-refractivity contribution in [1.82, 2.24) is 4.90 Å². The first kappa shape index (κ1) is 15.8. The Balaban J connectivity index is 1.64. The molecule has 0 N–H and O–H groups in total. The third-order valence-electron chi connectivity index (χ3n) is 4.52. The maximum atomic E-state index is 11.9. The summed E-state index contributed by atoms with van der Waals surface area (Å²) in [5.74, 6) is 0.662. The van der Waals surface area contributed by atoms with Crippen molar-refractivity contribution >= 4 is 15.5 Å². The Bertz CT molecular complexity index is 604. The number of nitrogens with zero attached hydrogens (tertiary/aromatic N) is 2. The topological polar surface area (TPSA) is 49.9 Å². The van der Waals surface area contributed by atoms with E-state index in [1.807, 2.05) is 12.1 Å². The van der Waals surface area contributed by atoms with E-state index in [2.05, 4.69) is 9.80 Å². The van der Waals surface area contributed by atoms with Crippen molar-refractivity contribution in [3.8, 4) is 0 Å². The van der Waals surface area contributed by atoms with E-state index in [9.17, 15) is 8.42 Å². The van der Waals surface area contributed by atoms with Gasteiger partial charge in [0.1, 0.15) is 0 Å². The van der Waals surface area contributed by atoms with Gasteiger partial charge in [-0.1, -0.05) is 12.1 Å². The molecule has 0 bridgehead atoms. The van der Waals surface area contributed by atoms with Gasteiger partial charge in [0, 0.05) is 45.6 Å². The van der Waals surface area contributed by atoms with Gasteiger partial charge in [0.15, 0.2) is 9.84 Å². The minimum Gasteiger partial charge on any atom is -0.381 e. The summed E-state index contributed by atoms with van der Waals surface area (Å²) in [6, 6.07) is 7.31. The molecule has 1 aromatic rings. The first-order valence-electron chi connectivity index (χ1n) is 7.88. The Morgan fingerprint density at radius 3 is 2.55 bits per heavy atom. The lowest BCUT2D eigenvalue weighted by Gasteiger charge is -2.37. The minimum atomic E-state index is -3.19. The van der Waals surface area contributed by atoms with Gasteiger partial charge in [-0.3, -0.25) is 4.90 Å². The largest absolute Gasteiger partial charge is 0.381 e. The maximum Gasteiger partial charge on any atom is 0.177 e. The number of benzene rings is 1. The van der Waals surface area contributed by atoms with E-state index in [0.29, 0.717) is 10.8 Å². The van der Waals surface area contributed by atoms with E-state index in [4.69, 9.17) is 4.74 Å². The SMILES string of the molecule is CS(=O)(=O)c1ccccc1N1CCN(CC2CCOC2)CC1. The van der Waals surface area contributed by atoms with Crippen LogP contribution in [0.4, 0.5) is 5.69 Å². The van der Waals surface area contributed by atoms with Gasteiger partial charge in [-0.25, -0.2) is 8.42 Å². The highest BCUT2D eigenvalue weighted by atomic mass is 32.2. The zero-order chi connectivity index (χ0) is 15.6. The summed E-state index contributed by atoms with van der Waals surface area (Å²) in [5.41, 5.74) is 0.842. The van der Waals surface area contributed by atoms with E-state index in [1.54, 1.807) is 12.1 Å². The van der Waals surface area contributed by atoms with Crippen molar-refractivity contribution in [3.63, 3.8) is 0 Å². The van der Waals surface area contributed by atoms with Crippen LogP contribution in [0.1, 0.15) is 6.42 Å². The predicted octanol–water partition coefficient (Wildman–Crippen LogP) is 1.25. The van der Waals surface area contributed by atoms with E-state index >= 15 is 0 Å². The van der Waals surface area contributed by atoms with Crippen molar-refractivity contribution < 1.29 is 13.2 Å². The van der Waals surface area contributed by atoms with Crippen LogP contribution in [0.2, 0.25) is 0 Å². The molecule has 0 saturated carbocycles. The second kappa shape index (κ2) is 6.56. The van der Waals surface area contributed by atoms with Crippen LogP contribution >= 0.6 is 0 Å². The summed E-state index contributed by atoms with van der Waals surface area (Å²) >= 11 is 0. The van der Waals surface area contributed by atoms with Crippen LogP contribution in [0.3, 0.4) is 0 Å². The Hall–Kier alpha value is -1.11. The van der Waals surface area contributed by atoms with Gasteiger partial charge >= 0.3 is 0 Å². The second-order valence-electron chi connectivity index (χ2n) is 6.26. The smallest absolute Gasteiger partial charge is 0.177 e. The molecule has 2 fully saturated rings. The highest BCUT2D eigenvalue weighted by Gasteiger charge is 2.25. The first-order valence-corrected chi connectivity index (χ1v) is 9.77. The van der Waals surface area contributed by atoms with Crippen LogP contribution in [-0.2, 0) is 14.6 Å². The Kier molecular flexibility index (Phi) is 4.70. The normalized spacial score (nSPS) is 23.9. The molecule has 0 radical (unpaired) electrons. The molecular weight excluding hydrogens is 300 g/mol. The van der Waals surface area contributed by atoms with Gasteiger partial charge in [0.05, 0.1) is 17.2 Å². The molecule has 2 aliphatic rings. The van der Waals surface area contributed by atoms with Crippen molar-refractivity contribution in [1.29, 1.82) is 0 Å². The van der Waals surface area contributed by atoms with Crippen molar-refractivity contribution in [3.05, 3.63) is 24.3 Å². The van der Waals surface area contributed by atoms with Gasteiger partial charge in [-0.15, -0.1) is 0 Å². The molecule has 1 atom stereocenters. The van der Waals surface area contributed by atoms with Crippen LogP contribution in [-0.4, -0.2) is 65.5 Å². The van der Waals surface area contributed by atoms with Gasteiger partial charge in [0.25, 0.3) is 0 Å². The average molecular weight is 324 g/mol. The zero-order valence-electron chi connectivity index (χ0n) is 13.1. The number of ether oxygens (including phenoxy) is 1. The minimum absolute atomic E-state index is 0.438. The lowest BCUT2D eigenvalue weighted by Crippen LogP contribution is -2.48. The second-order valence-corrected chi connectivity index (χ2v) is 8.24. The lowest BCUT2D eigenvalue weighted by atomic mass is 10.1. The third kappa shape index (κ3) is 3.62. The van der Waals surface area contributed by atoms with Crippen molar-refractivity contribution in [2.75, 3.05) is 57.1 Å². The van der Waals surface area contributed by atoms with E-state index in [-0.39, 0.29) is 0 Å². The fourth-order valence-corrected chi connectivity index (χ4v) is 4.20. The average Bonchev–Trinajstić information content (AvgIpc) is 3.00. The molecule has 5 nitrogen and oxygen atoms in total. The molecular formula is C16H24N2O3S. The fraction of sp³-hybridized carbons (Fsp3) is 0.625. The number of para-hydroxylation sites is 1. The van der Waals surface area contributed by atoms with Crippen molar-refractivity contribution in [2.24, 2.45) is 5.92 Å². The molecule has 1 unspecified atom stereocenters. The summed E-state index contributed by atoms with van der Waals surface area (Å²) < 4.78 is 29.3. The Labute approximate surface area is 132 Å². The predicted molar refractivity (Wildman–Crippen MR) is 87.1 cm³/mol. The molecule has 0 amide bonds. The number of sulfone groups is 1. The Morgan fingerprint density at radius 2 is 1.91 bits per heavy atom. The molecule has 2 heterocycles. The van der Waals surface area contributed by atoms with E-state index in [1.165, 1.54) is 6.26 Å². The standard InChI is InChI=1S/C16H24N2O3S/c1-22(19,20)16-5-3-2-4-15(16)18-9-7-17(8-10-18)12-14-6-11-21-13-14/h2-5,14H,6-13H2,1H3. The highest BCUT2D eigenvalue weighted by molar-refractivity contribution is 7.90. The lowest BCUT2D eigenvalue weighted by molar-refractivity contribution is 0.164. The molecule has 2 saturated heterocycles. The summed E-state index contributed by atoms with van der Waals surface area (Å²) in [4.78, 5) is 5.10. The van der Waals surface area contributed by atoms with Gasteiger partial charge in [-0.05, 0) is 24.5 Å². The third-order valence-corrected chi connectivity index (χ3v) is 5.66. The summed E-state index contributed by atoms with van der Waals surface area (Å²) in [7, 11) is -3.19. The molecule has 0 aromatic heterocycles. The number of anilines is 1. The molecule has 2 aliphatic heterocycles. The van der Waals surface area contributed by atoms with Gasteiger partial charge in [-0.2, -0.15) is 0 Å². The molecule has 122 valence electrons. The van der Waals surface area contributed by atoms with Crippen LogP contribution in [0, 0.1) is 5.92 Å². The van der Waals surface area contributed by atoms with Crippen LogP contribution in [0.25, 0.3) is 0 Å². The highest BCUT2D eigenvalue weighted by Crippen LogP contribution is 2.26. The van der Waals surface area contributed by atoms with Crippen LogP contribution in [0.5, 0.6) is 0 Å². The van der Waals surface area contributed by atoms with E-state index in [0.717, 1.165) is 58.0 Å². The van der Waals surface area contributed by atoms with Gasteiger partial charge < -0.3 is 9.64 Å². The van der Waals surface area contributed by atoms with Gasteiger partial charge in [0.2, 0.25) is 0 Å². The number of hydrogen-bond donors (Lipinski definition) is 0. The maximum absolute atomic E-state index is 11.9. The molecule has 6 heteroatoms. The summed E-state index contributed by atoms with van der Waals surface area (Å²) in [6.07, 6.45) is 2.44.